The highest BCUT2D eigenvalue weighted by Gasteiger charge is 2.49. The molecule has 61 heavy (non-hydrogen) atoms. The third kappa shape index (κ3) is 5.22. The van der Waals surface area contributed by atoms with E-state index in [9.17, 15) is 0 Å². The third-order valence-corrected chi connectivity index (χ3v) is 15.3. The summed E-state index contributed by atoms with van der Waals surface area (Å²) in [5, 5.41) is 2.58. The van der Waals surface area contributed by atoms with Crippen molar-refractivity contribution in [2.75, 3.05) is 0 Å². The van der Waals surface area contributed by atoms with Crippen LogP contribution in [-0.4, -0.2) is 4.57 Å². The summed E-state index contributed by atoms with van der Waals surface area (Å²) in [6.45, 7) is 10.5. The highest BCUT2D eigenvalue weighted by atomic mass is 15.1. The minimum atomic E-state index is -0.0772. The summed E-state index contributed by atoms with van der Waals surface area (Å²) in [6.07, 6.45) is 7.89. The minimum absolute atomic E-state index is 0.0113. The van der Waals surface area contributed by atoms with Crippen LogP contribution < -0.4 is 9.13 Å². The van der Waals surface area contributed by atoms with Gasteiger partial charge in [-0.2, -0.15) is 9.13 Å². The first-order valence-electron chi connectivity index (χ1n) is 22.4. The van der Waals surface area contributed by atoms with E-state index >= 15 is 0 Å². The second-order valence-electron chi connectivity index (χ2n) is 18.4. The molecule has 2 atom stereocenters. The molecule has 3 aliphatic rings. The predicted octanol–water partition coefficient (Wildman–Crippen LogP) is 13.5. The first-order chi connectivity index (χ1) is 29.9. The second kappa shape index (κ2) is 13.5. The van der Waals surface area contributed by atoms with Gasteiger partial charge in [0.1, 0.15) is 0 Å². The summed E-state index contributed by atoms with van der Waals surface area (Å²) in [5.41, 5.74) is 19.9. The van der Waals surface area contributed by atoms with Crippen LogP contribution in [0.3, 0.4) is 0 Å². The summed E-state index contributed by atoms with van der Waals surface area (Å²) in [7, 11) is 0. The molecular weight excluding hydrogens is 739 g/mol. The molecule has 12 rings (SSSR count). The van der Waals surface area contributed by atoms with Gasteiger partial charge in [0.2, 0.25) is 11.4 Å². The molecule has 9 aromatic rings. The van der Waals surface area contributed by atoms with Gasteiger partial charge >= 0.3 is 0 Å². The zero-order chi connectivity index (χ0) is 41.0. The van der Waals surface area contributed by atoms with Crippen LogP contribution in [0.2, 0.25) is 0 Å². The molecule has 2 aliphatic heterocycles. The highest BCUT2D eigenvalue weighted by Crippen LogP contribution is 2.53. The topological polar surface area (TPSA) is 12.7 Å². The monoisotopic (exact) mass is 789 g/mol. The second-order valence-corrected chi connectivity index (χ2v) is 18.4. The third-order valence-electron chi connectivity index (χ3n) is 15.3. The number of benzene rings is 6. The molecule has 3 heteroatoms. The van der Waals surface area contributed by atoms with Gasteiger partial charge in [0.25, 0.3) is 0 Å². The molecule has 0 saturated carbocycles. The molecule has 0 spiro atoms. The molecule has 0 N–H and O–H groups in total. The highest BCUT2D eigenvalue weighted by molar-refractivity contribution is 6.12. The van der Waals surface area contributed by atoms with E-state index in [1.54, 1.807) is 0 Å². The fourth-order valence-electron chi connectivity index (χ4n) is 12.0. The van der Waals surface area contributed by atoms with Crippen LogP contribution in [0.1, 0.15) is 81.0 Å². The lowest BCUT2D eigenvalue weighted by Crippen LogP contribution is -2.57. The SMILES string of the molecule is CCC1(CC)CC(C2C[n+]3ccccc3-c3ccccc32)c2ccc(-c3ccc4c(c3)c3cc5c(cc3n4-c3ccccc3)C(C)(C)c3ccccc3-5)cc2-c2cccc[n+]21. The van der Waals surface area contributed by atoms with Gasteiger partial charge in [0.15, 0.2) is 24.5 Å². The maximum Gasteiger partial charge on any atom is 0.213 e. The lowest BCUT2D eigenvalue weighted by atomic mass is 9.70. The van der Waals surface area contributed by atoms with Gasteiger partial charge in [-0.15, -0.1) is 0 Å². The smallest absolute Gasteiger partial charge is 0.213 e. The zero-order valence-electron chi connectivity index (χ0n) is 35.6. The van der Waals surface area contributed by atoms with Crippen molar-refractivity contribution in [3.8, 4) is 50.5 Å². The molecule has 0 bridgehead atoms. The molecule has 0 fully saturated rings. The summed E-state index contributed by atoms with van der Waals surface area (Å²) < 4.78 is 7.64. The molecule has 6 aromatic carbocycles. The summed E-state index contributed by atoms with van der Waals surface area (Å²) >= 11 is 0. The van der Waals surface area contributed by atoms with E-state index in [0.29, 0.717) is 11.8 Å². The Morgan fingerprint density at radius 3 is 2.03 bits per heavy atom. The molecule has 0 saturated heterocycles. The normalized spacial score (nSPS) is 17.8. The zero-order valence-corrected chi connectivity index (χ0v) is 35.6. The van der Waals surface area contributed by atoms with Crippen molar-refractivity contribution in [1.29, 1.82) is 0 Å². The Morgan fingerprint density at radius 1 is 0.525 bits per heavy atom. The van der Waals surface area contributed by atoms with Crippen LogP contribution in [0.25, 0.3) is 72.3 Å². The number of nitrogens with zero attached hydrogens (tertiary/aromatic N) is 3. The number of para-hydroxylation sites is 1. The van der Waals surface area contributed by atoms with E-state index in [0.717, 1.165) is 25.8 Å². The lowest BCUT2D eigenvalue weighted by Gasteiger charge is -2.34. The van der Waals surface area contributed by atoms with Crippen LogP contribution in [-0.2, 0) is 17.5 Å². The molecule has 1 aliphatic carbocycles. The van der Waals surface area contributed by atoms with Crippen molar-refractivity contribution in [3.63, 3.8) is 0 Å². The predicted molar refractivity (Wildman–Crippen MR) is 250 cm³/mol. The molecule has 0 amide bonds. The average Bonchev–Trinajstić information content (AvgIpc) is 3.70. The average molecular weight is 790 g/mol. The quantitative estimate of drug-likeness (QED) is 0.154. The molecule has 296 valence electrons. The number of pyridine rings is 2. The van der Waals surface area contributed by atoms with Gasteiger partial charge < -0.3 is 4.57 Å². The largest absolute Gasteiger partial charge is 0.309 e. The van der Waals surface area contributed by atoms with E-state index < -0.39 is 0 Å². The molecule has 0 radical (unpaired) electrons. The molecule has 2 unspecified atom stereocenters. The van der Waals surface area contributed by atoms with Crippen molar-refractivity contribution < 1.29 is 9.13 Å². The van der Waals surface area contributed by atoms with E-state index in [1.807, 2.05) is 0 Å². The van der Waals surface area contributed by atoms with E-state index in [1.165, 1.54) is 94.5 Å². The number of rotatable bonds is 5. The summed E-state index contributed by atoms with van der Waals surface area (Å²) in [4.78, 5) is 0. The first kappa shape index (κ1) is 36.3. The number of aromatic nitrogens is 3. The Kier molecular flexibility index (Phi) is 8.01. The summed E-state index contributed by atoms with van der Waals surface area (Å²) in [5.74, 6) is 0.664. The Morgan fingerprint density at radius 2 is 1.20 bits per heavy atom. The Labute approximate surface area is 359 Å². The van der Waals surface area contributed by atoms with Gasteiger partial charge in [0.05, 0.1) is 22.5 Å². The molecule has 3 aromatic heterocycles. The minimum Gasteiger partial charge on any atom is -0.309 e. The van der Waals surface area contributed by atoms with Gasteiger partial charge in [-0.1, -0.05) is 107 Å². The first-order valence-corrected chi connectivity index (χ1v) is 22.4. The number of fused-ring (bicyclic) bond motifs is 12. The van der Waals surface area contributed by atoms with Crippen molar-refractivity contribution in [3.05, 3.63) is 198 Å². The van der Waals surface area contributed by atoms with Crippen LogP contribution in [0.5, 0.6) is 0 Å². The van der Waals surface area contributed by atoms with Crippen LogP contribution in [0.4, 0.5) is 0 Å². The fourth-order valence-corrected chi connectivity index (χ4v) is 12.0. The number of hydrogen-bond acceptors (Lipinski definition) is 0. The molecular formula is C58H51N3+2. The van der Waals surface area contributed by atoms with Crippen molar-refractivity contribution in [1.82, 2.24) is 4.57 Å². The van der Waals surface area contributed by atoms with Gasteiger partial charge in [-0.25, -0.2) is 0 Å². The van der Waals surface area contributed by atoms with Gasteiger partial charge in [-0.05, 0) is 105 Å². The maximum atomic E-state index is 2.65. The Bertz CT molecular complexity index is 3220. The van der Waals surface area contributed by atoms with Crippen molar-refractivity contribution >= 4 is 21.8 Å². The van der Waals surface area contributed by atoms with Crippen molar-refractivity contribution in [2.45, 2.75) is 76.3 Å². The van der Waals surface area contributed by atoms with E-state index in [-0.39, 0.29) is 11.0 Å². The lowest BCUT2D eigenvalue weighted by molar-refractivity contribution is -0.757. The van der Waals surface area contributed by atoms with Crippen LogP contribution in [0, 0.1) is 0 Å². The van der Waals surface area contributed by atoms with E-state index in [4.69, 9.17) is 0 Å². The molecule has 3 nitrogen and oxygen atoms in total. The van der Waals surface area contributed by atoms with Crippen LogP contribution >= 0.6 is 0 Å². The van der Waals surface area contributed by atoms with Crippen molar-refractivity contribution in [2.24, 2.45) is 0 Å². The summed E-state index contributed by atoms with van der Waals surface area (Å²) in [6, 6.07) is 62.3. The molecule has 5 heterocycles. The standard InChI is InChI=1S/C58H51N3/c1-5-58(6-2)36-49(50-37-59-30-16-14-24-53(59)44-22-11-10-20-41(44)50)42-28-26-38(32-46(42)54-25-15-17-31-60(54)58)39-27-29-55-47(33-39)48-34-45-43-21-12-13-23-51(43)57(3,4)52(45)35-56(48)61(55)40-18-8-7-9-19-40/h7-35,49-50H,5-6,36-37H2,1-4H3/q+2. The Hall–Kier alpha value is -6.58. The van der Waals surface area contributed by atoms with Gasteiger partial charge in [-0.3, -0.25) is 0 Å². The maximum absolute atomic E-state index is 2.65. The van der Waals surface area contributed by atoms with Gasteiger partial charge in [0, 0.05) is 76.9 Å². The Balaban J connectivity index is 1.07. The number of hydrogen-bond donors (Lipinski definition) is 0. The fraction of sp³-hybridized carbons (Fsp3) is 0.207. The van der Waals surface area contributed by atoms with Crippen LogP contribution in [0.15, 0.2) is 176 Å². The van der Waals surface area contributed by atoms with E-state index in [2.05, 4.69) is 218 Å².